The molecule has 1 rings (SSSR count). The summed E-state index contributed by atoms with van der Waals surface area (Å²) in [5.74, 6) is 0.307. The number of methoxy groups -OCH3 is 1. The van der Waals surface area contributed by atoms with Gasteiger partial charge in [-0.3, -0.25) is 10.1 Å². The van der Waals surface area contributed by atoms with Crippen LogP contribution in [0.3, 0.4) is 0 Å². The first-order chi connectivity index (χ1) is 9.60. The molecule has 0 aliphatic carbocycles. The quantitative estimate of drug-likeness (QED) is 0.552. The van der Waals surface area contributed by atoms with Gasteiger partial charge in [0.2, 0.25) is 5.91 Å². The van der Waals surface area contributed by atoms with Gasteiger partial charge in [0.25, 0.3) is 0 Å². The van der Waals surface area contributed by atoms with Crippen molar-refractivity contribution in [3.8, 4) is 5.75 Å². The second-order valence-corrected chi connectivity index (χ2v) is 4.55. The Bertz CT molecular complexity index is 425. The smallest absolute Gasteiger partial charge is 0.238 e. The van der Waals surface area contributed by atoms with Crippen molar-refractivity contribution in [3.05, 3.63) is 24.3 Å². The number of nitrogens with one attached hydrogen (secondary N) is 2. The van der Waals surface area contributed by atoms with Crippen molar-refractivity contribution in [2.75, 3.05) is 32.2 Å². The second kappa shape index (κ2) is 7.84. The molecule has 0 atom stereocenters. The number of amides is 1. The van der Waals surface area contributed by atoms with Gasteiger partial charge in [-0.05, 0) is 18.6 Å². The normalized spacial score (nSPS) is 11.2. The highest BCUT2D eigenvalue weighted by Gasteiger charge is 2.26. The minimum absolute atomic E-state index is 0.00694. The Balaban J connectivity index is 2.60. The fourth-order valence-electron chi connectivity index (χ4n) is 1.72. The number of hydrogen-bond donors (Lipinski definition) is 4. The van der Waals surface area contributed by atoms with Crippen LogP contribution in [-0.2, 0) is 4.79 Å². The Hall–Kier alpha value is -1.63. The molecular weight excluding hydrogens is 260 g/mol. The lowest BCUT2D eigenvalue weighted by Gasteiger charge is -2.29. The fourth-order valence-corrected chi connectivity index (χ4v) is 1.72. The molecule has 1 amide bonds. The molecule has 1 aromatic rings. The van der Waals surface area contributed by atoms with Gasteiger partial charge < -0.3 is 20.3 Å². The summed E-state index contributed by atoms with van der Waals surface area (Å²) in [6, 6.07) is 7.10. The molecule has 4 N–H and O–H groups in total. The maximum Gasteiger partial charge on any atom is 0.238 e. The number of ether oxygens (including phenoxy) is 1. The third-order valence-electron chi connectivity index (χ3n) is 3.29. The summed E-state index contributed by atoms with van der Waals surface area (Å²) < 4.78 is 5.14. The first-order valence-electron chi connectivity index (χ1n) is 6.50. The van der Waals surface area contributed by atoms with Gasteiger partial charge in [-0.2, -0.15) is 0 Å². The lowest BCUT2D eigenvalue weighted by Crippen LogP contribution is -2.53. The van der Waals surface area contributed by atoms with Crippen LogP contribution in [0.2, 0.25) is 0 Å². The van der Waals surface area contributed by atoms with Crippen LogP contribution in [0.1, 0.15) is 13.3 Å². The van der Waals surface area contributed by atoms with Gasteiger partial charge in [-0.25, -0.2) is 0 Å². The standard InChI is InChI=1S/C14H22N2O4/c1-3-14(9-17,10-18)15-8-13(19)16-11-6-4-5-7-12(11)20-2/h4-7,15,17-18H,3,8-10H2,1-2H3,(H,16,19). The Morgan fingerprint density at radius 3 is 2.50 bits per heavy atom. The van der Waals surface area contributed by atoms with Crippen LogP contribution in [0.4, 0.5) is 5.69 Å². The molecule has 0 saturated carbocycles. The second-order valence-electron chi connectivity index (χ2n) is 4.55. The lowest BCUT2D eigenvalue weighted by molar-refractivity contribution is -0.116. The third kappa shape index (κ3) is 4.19. The van der Waals surface area contributed by atoms with E-state index in [1.54, 1.807) is 18.2 Å². The number of aliphatic hydroxyl groups excluding tert-OH is 2. The minimum atomic E-state index is -0.835. The van der Waals surface area contributed by atoms with Crippen LogP contribution in [0.25, 0.3) is 0 Å². The molecule has 6 heteroatoms. The molecule has 0 saturated heterocycles. The third-order valence-corrected chi connectivity index (χ3v) is 3.29. The van der Waals surface area contributed by atoms with Crippen molar-refractivity contribution in [1.82, 2.24) is 5.32 Å². The summed E-state index contributed by atoms with van der Waals surface area (Å²) in [5, 5.41) is 24.2. The zero-order valence-corrected chi connectivity index (χ0v) is 11.8. The Labute approximate surface area is 118 Å². The predicted molar refractivity (Wildman–Crippen MR) is 76.8 cm³/mol. The fraction of sp³-hybridized carbons (Fsp3) is 0.500. The Morgan fingerprint density at radius 2 is 1.95 bits per heavy atom. The molecule has 0 aliphatic rings. The molecule has 0 bridgehead atoms. The van der Waals surface area contributed by atoms with Crippen molar-refractivity contribution < 1.29 is 19.7 Å². The number of aliphatic hydroxyl groups is 2. The van der Waals surface area contributed by atoms with E-state index >= 15 is 0 Å². The molecule has 0 aromatic heterocycles. The zero-order chi connectivity index (χ0) is 15.0. The van der Waals surface area contributed by atoms with E-state index in [0.717, 1.165) is 0 Å². The summed E-state index contributed by atoms with van der Waals surface area (Å²) in [6.45, 7) is 1.36. The van der Waals surface area contributed by atoms with Crippen molar-refractivity contribution in [2.45, 2.75) is 18.9 Å². The van der Waals surface area contributed by atoms with E-state index in [0.29, 0.717) is 17.9 Å². The van der Waals surface area contributed by atoms with E-state index < -0.39 is 5.54 Å². The first-order valence-corrected chi connectivity index (χ1v) is 6.50. The van der Waals surface area contributed by atoms with Gasteiger partial charge in [-0.1, -0.05) is 19.1 Å². The van der Waals surface area contributed by atoms with Crippen LogP contribution in [-0.4, -0.2) is 48.5 Å². The van der Waals surface area contributed by atoms with E-state index in [-0.39, 0.29) is 25.7 Å². The molecule has 0 unspecified atom stereocenters. The van der Waals surface area contributed by atoms with Crippen LogP contribution in [0.15, 0.2) is 24.3 Å². The predicted octanol–water partition coefficient (Wildman–Crippen LogP) is 0.357. The summed E-state index contributed by atoms with van der Waals surface area (Å²) in [6.07, 6.45) is 0.516. The van der Waals surface area contributed by atoms with E-state index in [2.05, 4.69) is 10.6 Å². The van der Waals surface area contributed by atoms with Crippen LogP contribution in [0.5, 0.6) is 5.75 Å². The average molecular weight is 282 g/mol. The molecule has 1 aromatic carbocycles. The summed E-state index contributed by atoms with van der Waals surface area (Å²) in [7, 11) is 1.53. The molecule has 112 valence electrons. The number of rotatable bonds is 8. The van der Waals surface area contributed by atoms with E-state index in [9.17, 15) is 15.0 Å². The molecule has 0 radical (unpaired) electrons. The van der Waals surface area contributed by atoms with Gasteiger partial charge in [0.15, 0.2) is 0 Å². The molecule has 0 aliphatic heterocycles. The number of hydrogen-bond acceptors (Lipinski definition) is 5. The Morgan fingerprint density at radius 1 is 1.30 bits per heavy atom. The highest BCUT2D eigenvalue weighted by atomic mass is 16.5. The largest absolute Gasteiger partial charge is 0.495 e. The minimum Gasteiger partial charge on any atom is -0.495 e. The summed E-state index contributed by atoms with van der Waals surface area (Å²) in [4.78, 5) is 11.9. The van der Waals surface area contributed by atoms with Gasteiger partial charge in [0.05, 0.1) is 38.1 Å². The van der Waals surface area contributed by atoms with Crippen LogP contribution >= 0.6 is 0 Å². The highest BCUT2D eigenvalue weighted by molar-refractivity contribution is 5.93. The zero-order valence-electron chi connectivity index (χ0n) is 11.8. The average Bonchev–Trinajstić information content (AvgIpc) is 2.50. The SMILES string of the molecule is CCC(CO)(CO)NCC(=O)Nc1ccccc1OC. The molecule has 0 heterocycles. The highest BCUT2D eigenvalue weighted by Crippen LogP contribution is 2.22. The van der Waals surface area contributed by atoms with Crippen LogP contribution in [0, 0.1) is 0 Å². The van der Waals surface area contributed by atoms with E-state index in [1.807, 2.05) is 13.0 Å². The van der Waals surface area contributed by atoms with Crippen LogP contribution < -0.4 is 15.4 Å². The van der Waals surface area contributed by atoms with E-state index in [1.165, 1.54) is 7.11 Å². The lowest BCUT2D eigenvalue weighted by atomic mass is 9.98. The van der Waals surface area contributed by atoms with Crippen molar-refractivity contribution in [3.63, 3.8) is 0 Å². The molecule has 20 heavy (non-hydrogen) atoms. The number of carbonyl (C=O) groups is 1. The van der Waals surface area contributed by atoms with E-state index in [4.69, 9.17) is 4.74 Å². The van der Waals surface area contributed by atoms with Gasteiger partial charge in [0, 0.05) is 0 Å². The number of carbonyl (C=O) groups excluding carboxylic acids is 1. The molecular formula is C14H22N2O4. The maximum atomic E-state index is 11.9. The van der Waals surface area contributed by atoms with Gasteiger partial charge in [-0.15, -0.1) is 0 Å². The Kier molecular flexibility index (Phi) is 6.44. The first kappa shape index (κ1) is 16.4. The van der Waals surface area contributed by atoms with Crippen molar-refractivity contribution in [1.29, 1.82) is 0 Å². The topological polar surface area (TPSA) is 90.8 Å². The number of anilines is 1. The van der Waals surface area contributed by atoms with Crippen molar-refractivity contribution >= 4 is 11.6 Å². The molecule has 0 fully saturated rings. The molecule has 0 spiro atoms. The van der Waals surface area contributed by atoms with Gasteiger partial charge >= 0.3 is 0 Å². The number of benzene rings is 1. The van der Waals surface area contributed by atoms with Crippen molar-refractivity contribution in [2.24, 2.45) is 0 Å². The summed E-state index contributed by atoms with van der Waals surface area (Å²) >= 11 is 0. The summed E-state index contributed by atoms with van der Waals surface area (Å²) in [5.41, 5.74) is -0.255. The maximum absolute atomic E-state index is 11.9. The number of para-hydroxylation sites is 2. The molecule has 6 nitrogen and oxygen atoms in total. The van der Waals surface area contributed by atoms with Gasteiger partial charge in [0.1, 0.15) is 5.75 Å². The monoisotopic (exact) mass is 282 g/mol.